The average Bonchev–Trinajstić information content (AvgIpc) is 2.45. The number of hydrogen-bond donors (Lipinski definition) is 0. The molecule has 1 aliphatic rings. The molecule has 2 heteroatoms. The second-order valence-electron chi connectivity index (χ2n) is 4.75. The summed E-state index contributed by atoms with van der Waals surface area (Å²) in [5, 5.41) is 0. The summed E-state index contributed by atoms with van der Waals surface area (Å²) in [7, 11) is 0. The molecule has 0 spiro atoms. The number of unbranched alkanes of at least 4 members (excludes halogenated alkanes) is 1. The maximum atomic E-state index is 5.44. The smallest absolute Gasteiger partial charge is 0.0642 e. The molecule has 0 amide bonds. The van der Waals surface area contributed by atoms with Crippen molar-refractivity contribution in [1.82, 2.24) is 4.90 Å². The molecule has 1 aromatic carbocycles. The van der Waals surface area contributed by atoms with Gasteiger partial charge in [0, 0.05) is 25.2 Å². The van der Waals surface area contributed by atoms with E-state index in [-0.39, 0.29) is 0 Å². The Balaban J connectivity index is 2.05. The molecular weight excluding hydrogens is 222 g/mol. The molecule has 1 heterocycles. The second-order valence-corrected chi connectivity index (χ2v) is 4.75. The van der Waals surface area contributed by atoms with E-state index in [1.807, 2.05) is 0 Å². The molecule has 1 saturated heterocycles. The number of rotatable bonds is 5. The molecule has 2 nitrogen and oxygen atoms in total. The Labute approximate surface area is 110 Å². The molecule has 0 unspecified atom stereocenters. The van der Waals surface area contributed by atoms with Crippen LogP contribution in [-0.2, 0) is 11.2 Å². The fourth-order valence-electron chi connectivity index (χ4n) is 2.28. The first-order valence-electron chi connectivity index (χ1n) is 6.96. The molecule has 0 saturated carbocycles. The number of hydrogen-bond acceptors (Lipinski definition) is 2. The lowest BCUT2D eigenvalue weighted by atomic mass is 10.1. The Kier molecular flexibility index (Phi) is 5.28. The number of morpholine rings is 1. The summed E-state index contributed by atoms with van der Waals surface area (Å²) in [6.45, 7) is 6.01. The van der Waals surface area contributed by atoms with Gasteiger partial charge in [0.25, 0.3) is 0 Å². The minimum atomic E-state index is 0.859. The molecule has 1 aliphatic heterocycles. The van der Waals surface area contributed by atoms with Crippen LogP contribution in [0.2, 0.25) is 0 Å². The van der Waals surface area contributed by atoms with Gasteiger partial charge in [-0.15, -0.1) is 0 Å². The zero-order chi connectivity index (χ0) is 12.6. The van der Waals surface area contributed by atoms with E-state index >= 15 is 0 Å². The predicted molar refractivity (Wildman–Crippen MR) is 75.5 cm³/mol. The lowest BCUT2D eigenvalue weighted by molar-refractivity contribution is 0.0524. The minimum Gasteiger partial charge on any atom is -0.378 e. The van der Waals surface area contributed by atoms with Gasteiger partial charge in [-0.1, -0.05) is 49.8 Å². The standard InChI is InChI=1S/C16H23NO/c1-2-3-9-16(17-10-12-18-13-11-17)14-15-7-5-4-6-8-15/h4-9H,2-3,10-14H2,1H3/b16-9+. The Bertz CT molecular complexity index is 366. The van der Waals surface area contributed by atoms with Crippen LogP contribution in [0.3, 0.4) is 0 Å². The van der Waals surface area contributed by atoms with Crippen molar-refractivity contribution in [3.8, 4) is 0 Å². The molecular formula is C16H23NO. The number of nitrogens with zero attached hydrogens (tertiary/aromatic N) is 1. The van der Waals surface area contributed by atoms with Gasteiger partial charge < -0.3 is 9.64 Å². The third kappa shape index (κ3) is 3.88. The monoisotopic (exact) mass is 245 g/mol. The van der Waals surface area contributed by atoms with Crippen LogP contribution in [0, 0.1) is 0 Å². The SMILES string of the molecule is CCC/C=C(\Cc1ccccc1)N1CCOCC1. The van der Waals surface area contributed by atoms with Crippen molar-refractivity contribution in [3.63, 3.8) is 0 Å². The summed E-state index contributed by atoms with van der Waals surface area (Å²) in [5.41, 5.74) is 2.86. The normalized spacial score (nSPS) is 16.9. The number of benzene rings is 1. The molecule has 1 aromatic rings. The van der Waals surface area contributed by atoms with Crippen molar-refractivity contribution in [1.29, 1.82) is 0 Å². The molecule has 0 atom stereocenters. The molecule has 0 N–H and O–H groups in total. The molecule has 0 aromatic heterocycles. The molecule has 18 heavy (non-hydrogen) atoms. The van der Waals surface area contributed by atoms with Crippen LogP contribution >= 0.6 is 0 Å². The summed E-state index contributed by atoms with van der Waals surface area (Å²) in [6.07, 6.45) is 5.82. The summed E-state index contributed by atoms with van der Waals surface area (Å²) in [5.74, 6) is 0. The van der Waals surface area contributed by atoms with Crippen LogP contribution in [0.15, 0.2) is 42.1 Å². The number of ether oxygens (including phenoxy) is 1. The Morgan fingerprint density at radius 1 is 1.22 bits per heavy atom. The van der Waals surface area contributed by atoms with Crippen molar-refractivity contribution in [2.75, 3.05) is 26.3 Å². The van der Waals surface area contributed by atoms with E-state index in [1.165, 1.54) is 24.1 Å². The summed E-state index contributed by atoms with van der Waals surface area (Å²) in [6, 6.07) is 10.7. The first kappa shape index (κ1) is 13.2. The van der Waals surface area contributed by atoms with Gasteiger partial charge in [-0.3, -0.25) is 0 Å². The molecule has 98 valence electrons. The minimum absolute atomic E-state index is 0.859. The van der Waals surface area contributed by atoms with E-state index < -0.39 is 0 Å². The fourth-order valence-corrected chi connectivity index (χ4v) is 2.28. The topological polar surface area (TPSA) is 12.5 Å². The molecule has 0 radical (unpaired) electrons. The third-order valence-electron chi connectivity index (χ3n) is 3.31. The zero-order valence-corrected chi connectivity index (χ0v) is 11.3. The van der Waals surface area contributed by atoms with Gasteiger partial charge in [-0.25, -0.2) is 0 Å². The Hall–Kier alpha value is -1.28. The average molecular weight is 245 g/mol. The fraction of sp³-hybridized carbons (Fsp3) is 0.500. The highest BCUT2D eigenvalue weighted by atomic mass is 16.5. The van der Waals surface area contributed by atoms with E-state index in [0.717, 1.165) is 32.7 Å². The van der Waals surface area contributed by atoms with Gasteiger partial charge in [0.15, 0.2) is 0 Å². The molecule has 0 bridgehead atoms. The van der Waals surface area contributed by atoms with E-state index in [9.17, 15) is 0 Å². The lowest BCUT2D eigenvalue weighted by Gasteiger charge is -2.31. The van der Waals surface area contributed by atoms with E-state index in [1.54, 1.807) is 0 Å². The van der Waals surface area contributed by atoms with E-state index in [0.29, 0.717) is 0 Å². The van der Waals surface area contributed by atoms with Crippen molar-refractivity contribution in [3.05, 3.63) is 47.7 Å². The van der Waals surface area contributed by atoms with Crippen molar-refractivity contribution >= 4 is 0 Å². The van der Waals surface area contributed by atoms with Crippen LogP contribution < -0.4 is 0 Å². The second kappa shape index (κ2) is 7.22. The maximum absolute atomic E-state index is 5.44. The van der Waals surface area contributed by atoms with Crippen molar-refractivity contribution < 1.29 is 4.74 Å². The van der Waals surface area contributed by atoms with Crippen LogP contribution in [0.4, 0.5) is 0 Å². The van der Waals surface area contributed by atoms with Gasteiger partial charge in [-0.05, 0) is 12.0 Å². The largest absolute Gasteiger partial charge is 0.378 e. The first-order valence-corrected chi connectivity index (χ1v) is 6.96. The Morgan fingerprint density at radius 2 is 1.94 bits per heavy atom. The molecule has 1 fully saturated rings. The Morgan fingerprint density at radius 3 is 2.61 bits per heavy atom. The van der Waals surface area contributed by atoms with Crippen LogP contribution in [0.1, 0.15) is 25.3 Å². The van der Waals surface area contributed by atoms with Crippen LogP contribution in [0.25, 0.3) is 0 Å². The quantitative estimate of drug-likeness (QED) is 0.789. The van der Waals surface area contributed by atoms with Gasteiger partial charge in [0.1, 0.15) is 0 Å². The van der Waals surface area contributed by atoms with Crippen molar-refractivity contribution in [2.24, 2.45) is 0 Å². The van der Waals surface area contributed by atoms with E-state index in [2.05, 4.69) is 48.2 Å². The van der Waals surface area contributed by atoms with Crippen LogP contribution in [0.5, 0.6) is 0 Å². The third-order valence-corrected chi connectivity index (χ3v) is 3.31. The summed E-state index contributed by atoms with van der Waals surface area (Å²) >= 11 is 0. The zero-order valence-electron chi connectivity index (χ0n) is 11.3. The van der Waals surface area contributed by atoms with Gasteiger partial charge >= 0.3 is 0 Å². The summed E-state index contributed by atoms with van der Waals surface area (Å²) in [4.78, 5) is 2.48. The predicted octanol–water partition coefficient (Wildman–Crippen LogP) is 3.25. The first-order chi connectivity index (χ1) is 8.90. The highest BCUT2D eigenvalue weighted by Crippen LogP contribution is 2.15. The van der Waals surface area contributed by atoms with Crippen molar-refractivity contribution in [2.45, 2.75) is 26.2 Å². The number of allylic oxidation sites excluding steroid dienone is 2. The maximum Gasteiger partial charge on any atom is 0.0642 e. The van der Waals surface area contributed by atoms with E-state index in [4.69, 9.17) is 4.74 Å². The highest BCUT2D eigenvalue weighted by Gasteiger charge is 2.13. The molecule has 0 aliphatic carbocycles. The van der Waals surface area contributed by atoms with Gasteiger partial charge in [-0.2, -0.15) is 0 Å². The highest BCUT2D eigenvalue weighted by molar-refractivity contribution is 5.21. The lowest BCUT2D eigenvalue weighted by Crippen LogP contribution is -2.36. The van der Waals surface area contributed by atoms with Gasteiger partial charge in [0.05, 0.1) is 13.2 Å². The summed E-state index contributed by atoms with van der Waals surface area (Å²) < 4.78 is 5.44. The van der Waals surface area contributed by atoms with Gasteiger partial charge in [0.2, 0.25) is 0 Å². The molecule has 2 rings (SSSR count). The van der Waals surface area contributed by atoms with Crippen LogP contribution in [-0.4, -0.2) is 31.2 Å².